The average Bonchev–Trinajstić information content (AvgIpc) is 3.33. The zero-order valence-electron chi connectivity index (χ0n) is 18.8. The molecule has 2 fully saturated rings. The Hall–Kier alpha value is -3.55. The summed E-state index contributed by atoms with van der Waals surface area (Å²) in [5.74, 6) is -0.940. The Morgan fingerprint density at radius 1 is 1.26 bits per heavy atom. The highest BCUT2D eigenvalue weighted by Crippen LogP contribution is 2.46. The molecule has 2 aromatic rings. The van der Waals surface area contributed by atoms with Crippen LogP contribution in [0.2, 0.25) is 0 Å². The molecule has 0 aliphatic carbocycles. The summed E-state index contributed by atoms with van der Waals surface area (Å²) < 4.78 is 45.3. The number of carbonyl (C=O) groups excluding carboxylic acids is 2. The van der Waals surface area contributed by atoms with Crippen molar-refractivity contribution in [3.8, 4) is 6.07 Å². The number of rotatable bonds is 3. The van der Waals surface area contributed by atoms with Crippen LogP contribution in [0, 0.1) is 36.5 Å². The van der Waals surface area contributed by atoms with Gasteiger partial charge in [-0.2, -0.15) is 18.4 Å². The van der Waals surface area contributed by atoms with Gasteiger partial charge in [0.2, 0.25) is 5.91 Å². The molecule has 2 aliphatic heterocycles. The van der Waals surface area contributed by atoms with Crippen LogP contribution in [-0.4, -0.2) is 48.0 Å². The first-order valence-electron chi connectivity index (χ1n) is 10.8. The molecule has 8 nitrogen and oxygen atoms in total. The van der Waals surface area contributed by atoms with Crippen LogP contribution in [0.25, 0.3) is 0 Å². The molecule has 2 saturated heterocycles. The first-order valence-corrected chi connectivity index (χ1v) is 10.8. The van der Waals surface area contributed by atoms with Crippen LogP contribution in [0.1, 0.15) is 45.8 Å². The molecule has 0 saturated carbocycles. The van der Waals surface area contributed by atoms with Gasteiger partial charge in [0, 0.05) is 37.3 Å². The second-order valence-corrected chi connectivity index (χ2v) is 9.03. The second kappa shape index (κ2) is 8.34. The van der Waals surface area contributed by atoms with Gasteiger partial charge in [-0.05, 0) is 44.9 Å². The molecule has 1 aromatic carbocycles. The topological polar surface area (TPSA) is 116 Å². The van der Waals surface area contributed by atoms with Gasteiger partial charge in [-0.15, -0.1) is 0 Å². The lowest BCUT2D eigenvalue weighted by atomic mass is 9.70. The number of nitriles is 1. The molecule has 1 atom stereocenters. The minimum absolute atomic E-state index is 0.174. The number of aryl methyl sites for hydroxylation is 2. The number of alkyl halides is 3. The summed E-state index contributed by atoms with van der Waals surface area (Å²) in [5, 5.41) is 12.9. The zero-order chi connectivity index (χ0) is 24.8. The van der Waals surface area contributed by atoms with Crippen LogP contribution in [-0.2, 0) is 11.0 Å². The molecule has 3 heterocycles. The maximum Gasteiger partial charge on any atom is 0.417 e. The number of nitrogens with two attached hydrogens (primary N) is 1. The highest BCUT2D eigenvalue weighted by Gasteiger charge is 2.52. The van der Waals surface area contributed by atoms with E-state index in [1.807, 2.05) is 0 Å². The molecule has 2 aliphatic rings. The third-order valence-electron chi connectivity index (χ3n) is 7.08. The first-order chi connectivity index (χ1) is 16.0. The maximum absolute atomic E-state index is 13.4. The maximum atomic E-state index is 13.4. The molecule has 4 rings (SSSR count). The normalized spacial score (nSPS) is 19.9. The van der Waals surface area contributed by atoms with Gasteiger partial charge in [0.05, 0.1) is 28.8 Å². The number of nitrogens with zero attached hydrogens (tertiary/aromatic N) is 4. The summed E-state index contributed by atoms with van der Waals surface area (Å²) >= 11 is 0. The number of halogens is 3. The van der Waals surface area contributed by atoms with Crippen LogP contribution in [0.15, 0.2) is 22.7 Å². The van der Waals surface area contributed by atoms with Crippen molar-refractivity contribution >= 4 is 17.5 Å². The van der Waals surface area contributed by atoms with E-state index in [9.17, 15) is 22.8 Å². The van der Waals surface area contributed by atoms with Crippen LogP contribution in [0.3, 0.4) is 0 Å². The van der Waals surface area contributed by atoms with Crippen LogP contribution >= 0.6 is 0 Å². The van der Waals surface area contributed by atoms with Crippen molar-refractivity contribution in [2.24, 2.45) is 17.1 Å². The number of primary amides is 1. The Kier molecular flexibility index (Phi) is 5.79. The lowest BCUT2D eigenvalue weighted by molar-refractivity contribution is -0.137. The van der Waals surface area contributed by atoms with E-state index in [1.165, 1.54) is 12.1 Å². The fraction of sp³-hybridized carbons (Fsp3) is 0.478. The Morgan fingerprint density at radius 3 is 2.47 bits per heavy atom. The Labute approximate surface area is 194 Å². The van der Waals surface area contributed by atoms with E-state index in [0.717, 1.165) is 6.07 Å². The first kappa shape index (κ1) is 23.6. The van der Waals surface area contributed by atoms with Crippen LogP contribution < -0.4 is 10.6 Å². The van der Waals surface area contributed by atoms with Crippen LogP contribution in [0.5, 0.6) is 0 Å². The van der Waals surface area contributed by atoms with Gasteiger partial charge in [0.1, 0.15) is 11.3 Å². The van der Waals surface area contributed by atoms with Gasteiger partial charge in [-0.3, -0.25) is 9.59 Å². The molecular formula is C23H24F3N5O3. The van der Waals surface area contributed by atoms with E-state index in [2.05, 4.69) is 5.16 Å². The molecule has 1 aromatic heterocycles. The van der Waals surface area contributed by atoms with Gasteiger partial charge in [-0.25, -0.2) is 0 Å². The van der Waals surface area contributed by atoms with Crippen molar-refractivity contribution in [2.75, 3.05) is 31.1 Å². The molecule has 1 spiro atoms. The highest BCUT2D eigenvalue weighted by molar-refractivity contribution is 5.97. The van der Waals surface area contributed by atoms with Crippen molar-refractivity contribution in [2.45, 2.75) is 32.9 Å². The average molecular weight is 475 g/mol. The molecule has 2 amide bonds. The SMILES string of the molecule is Cc1noc(C)c1C(=O)N1CC(C(N)=O)C2(CCN(c3ccc(C#N)c(C(F)(F)F)c3)CC2)C1. The molecule has 34 heavy (non-hydrogen) atoms. The number of aromatic nitrogens is 1. The van der Waals surface area contributed by atoms with Gasteiger partial charge < -0.3 is 20.1 Å². The number of anilines is 1. The van der Waals surface area contributed by atoms with Gasteiger partial charge in [0.25, 0.3) is 5.91 Å². The third-order valence-corrected chi connectivity index (χ3v) is 7.08. The van der Waals surface area contributed by atoms with Crippen molar-refractivity contribution in [3.63, 3.8) is 0 Å². The number of piperidine rings is 1. The number of benzene rings is 1. The van der Waals surface area contributed by atoms with Crippen molar-refractivity contribution in [3.05, 3.63) is 46.3 Å². The smallest absolute Gasteiger partial charge is 0.371 e. The largest absolute Gasteiger partial charge is 0.417 e. The van der Waals surface area contributed by atoms with E-state index in [-0.39, 0.29) is 12.5 Å². The lowest BCUT2D eigenvalue weighted by Crippen LogP contribution is -2.47. The van der Waals surface area contributed by atoms with Crippen molar-refractivity contribution in [1.29, 1.82) is 5.26 Å². The molecular weight excluding hydrogens is 451 g/mol. The molecule has 11 heteroatoms. The molecule has 1 unspecified atom stereocenters. The standard InChI is InChI=1S/C23H24F3N5O3/c1-13-19(14(2)34-29-13)21(33)31-11-18(20(28)32)22(12-31)5-7-30(8-6-22)16-4-3-15(10-27)17(9-16)23(24,25)26/h3-4,9,18H,5-8,11-12H2,1-2H3,(H2,28,32). The number of likely N-dealkylation sites (tertiary alicyclic amines) is 1. The molecule has 2 N–H and O–H groups in total. The van der Waals surface area contributed by atoms with E-state index < -0.39 is 34.5 Å². The predicted molar refractivity (Wildman–Crippen MR) is 115 cm³/mol. The van der Waals surface area contributed by atoms with E-state index in [0.29, 0.717) is 55.2 Å². The quantitative estimate of drug-likeness (QED) is 0.730. The summed E-state index contributed by atoms with van der Waals surface area (Å²) in [7, 11) is 0. The monoisotopic (exact) mass is 475 g/mol. The number of amides is 2. The minimum atomic E-state index is -4.64. The van der Waals surface area contributed by atoms with Gasteiger partial charge >= 0.3 is 6.18 Å². The molecule has 0 bridgehead atoms. The zero-order valence-corrected chi connectivity index (χ0v) is 18.8. The Morgan fingerprint density at radius 2 is 1.94 bits per heavy atom. The summed E-state index contributed by atoms with van der Waals surface area (Å²) in [4.78, 5) is 28.9. The lowest BCUT2D eigenvalue weighted by Gasteiger charge is -2.42. The van der Waals surface area contributed by atoms with E-state index >= 15 is 0 Å². The summed E-state index contributed by atoms with van der Waals surface area (Å²) in [6.07, 6.45) is -3.68. The summed E-state index contributed by atoms with van der Waals surface area (Å²) in [6.45, 7) is 4.59. The van der Waals surface area contributed by atoms with Crippen LogP contribution in [0.4, 0.5) is 18.9 Å². The third kappa shape index (κ3) is 3.97. The van der Waals surface area contributed by atoms with E-state index in [4.69, 9.17) is 15.5 Å². The van der Waals surface area contributed by atoms with Gasteiger partial charge in [-0.1, -0.05) is 5.16 Å². The van der Waals surface area contributed by atoms with E-state index in [1.54, 1.807) is 29.7 Å². The fourth-order valence-electron chi connectivity index (χ4n) is 5.24. The number of carbonyl (C=O) groups is 2. The Bertz CT molecular complexity index is 1160. The molecule has 180 valence electrons. The second-order valence-electron chi connectivity index (χ2n) is 9.03. The summed E-state index contributed by atoms with van der Waals surface area (Å²) in [5.41, 5.74) is 4.95. The van der Waals surface area contributed by atoms with Crippen molar-refractivity contribution < 1.29 is 27.3 Å². The number of hydrogen-bond donors (Lipinski definition) is 1. The predicted octanol–water partition coefficient (Wildman–Crippen LogP) is 3.03. The molecule has 0 radical (unpaired) electrons. The van der Waals surface area contributed by atoms with Gasteiger partial charge in [0.15, 0.2) is 0 Å². The summed E-state index contributed by atoms with van der Waals surface area (Å²) in [6, 6.07) is 5.25. The Balaban J connectivity index is 1.55. The minimum Gasteiger partial charge on any atom is -0.371 e. The fourth-order valence-corrected chi connectivity index (χ4v) is 5.24. The number of hydrogen-bond acceptors (Lipinski definition) is 6. The highest BCUT2D eigenvalue weighted by atomic mass is 19.4. The van der Waals surface area contributed by atoms with Crippen molar-refractivity contribution in [1.82, 2.24) is 10.1 Å².